The highest BCUT2D eigenvalue weighted by atomic mass is 19.4. The van der Waals surface area contributed by atoms with Crippen LogP contribution in [0.15, 0.2) is 18.3 Å². The average molecular weight is 204 g/mol. The number of alkyl halides is 3. The van der Waals surface area contributed by atoms with Crippen molar-refractivity contribution in [3.8, 4) is 0 Å². The molecule has 78 valence electrons. The van der Waals surface area contributed by atoms with Gasteiger partial charge in [0.1, 0.15) is 5.82 Å². The van der Waals surface area contributed by atoms with Crippen LogP contribution < -0.4 is 5.32 Å². The van der Waals surface area contributed by atoms with Gasteiger partial charge in [-0.1, -0.05) is 6.92 Å². The number of rotatable bonds is 3. The first kappa shape index (κ1) is 10.8. The summed E-state index contributed by atoms with van der Waals surface area (Å²) in [6, 6.07) is 2.30. The summed E-state index contributed by atoms with van der Waals surface area (Å²) in [6.45, 7) is 2.36. The van der Waals surface area contributed by atoms with Crippen LogP contribution in [-0.4, -0.2) is 11.5 Å². The Morgan fingerprint density at radius 3 is 2.71 bits per heavy atom. The fourth-order valence-corrected chi connectivity index (χ4v) is 1.02. The van der Waals surface area contributed by atoms with Crippen molar-refractivity contribution in [2.24, 2.45) is 0 Å². The van der Waals surface area contributed by atoms with Crippen LogP contribution in [0.3, 0.4) is 0 Å². The second-order valence-electron chi connectivity index (χ2n) is 2.82. The lowest BCUT2D eigenvalue weighted by atomic mass is 10.2. The van der Waals surface area contributed by atoms with Gasteiger partial charge in [0.05, 0.1) is 5.56 Å². The molecule has 0 fully saturated rings. The van der Waals surface area contributed by atoms with Crippen LogP contribution in [0.5, 0.6) is 0 Å². The molecule has 14 heavy (non-hydrogen) atoms. The van der Waals surface area contributed by atoms with Gasteiger partial charge in [-0.05, 0) is 18.6 Å². The molecule has 5 heteroatoms. The van der Waals surface area contributed by atoms with Crippen LogP contribution in [0.25, 0.3) is 0 Å². The van der Waals surface area contributed by atoms with E-state index in [2.05, 4.69) is 10.3 Å². The van der Waals surface area contributed by atoms with Crippen LogP contribution >= 0.6 is 0 Å². The second-order valence-corrected chi connectivity index (χ2v) is 2.82. The lowest BCUT2D eigenvalue weighted by molar-refractivity contribution is -0.137. The molecule has 0 aliphatic rings. The summed E-state index contributed by atoms with van der Waals surface area (Å²) in [7, 11) is 0. The van der Waals surface area contributed by atoms with Gasteiger partial charge in [-0.25, -0.2) is 4.98 Å². The molecule has 0 aliphatic carbocycles. The Morgan fingerprint density at radius 2 is 2.14 bits per heavy atom. The van der Waals surface area contributed by atoms with Gasteiger partial charge in [0, 0.05) is 12.7 Å². The van der Waals surface area contributed by atoms with Crippen LogP contribution in [-0.2, 0) is 6.18 Å². The highest BCUT2D eigenvalue weighted by Gasteiger charge is 2.33. The molecular weight excluding hydrogens is 193 g/mol. The van der Waals surface area contributed by atoms with Crippen molar-refractivity contribution in [1.82, 2.24) is 4.98 Å². The Balaban J connectivity index is 2.92. The molecule has 1 heterocycles. The Labute approximate surface area is 80.2 Å². The number of anilines is 1. The van der Waals surface area contributed by atoms with Gasteiger partial charge >= 0.3 is 6.18 Å². The molecule has 1 aromatic heterocycles. The first-order chi connectivity index (χ1) is 6.55. The maximum atomic E-state index is 12.4. The fourth-order valence-electron chi connectivity index (χ4n) is 1.02. The minimum atomic E-state index is -4.34. The molecular formula is C9H11F3N2. The summed E-state index contributed by atoms with van der Waals surface area (Å²) in [4.78, 5) is 3.65. The molecule has 1 rings (SSSR count). The van der Waals surface area contributed by atoms with E-state index < -0.39 is 11.7 Å². The van der Waals surface area contributed by atoms with E-state index in [1.165, 1.54) is 12.3 Å². The highest BCUT2D eigenvalue weighted by molar-refractivity contribution is 5.45. The number of pyridine rings is 1. The number of nitrogens with zero attached hydrogens (tertiary/aromatic N) is 1. The van der Waals surface area contributed by atoms with Crippen molar-refractivity contribution in [3.63, 3.8) is 0 Å². The highest BCUT2D eigenvalue weighted by Crippen LogP contribution is 2.33. The van der Waals surface area contributed by atoms with Crippen LogP contribution in [0.2, 0.25) is 0 Å². The SMILES string of the molecule is CCCNc1ncccc1C(F)(F)F. The normalized spacial score (nSPS) is 11.4. The van der Waals surface area contributed by atoms with Crippen molar-refractivity contribution in [2.75, 3.05) is 11.9 Å². The third-order valence-electron chi connectivity index (χ3n) is 1.66. The van der Waals surface area contributed by atoms with E-state index in [1.54, 1.807) is 0 Å². The molecule has 0 amide bonds. The number of halogens is 3. The molecule has 0 aliphatic heterocycles. The maximum absolute atomic E-state index is 12.4. The Bertz CT molecular complexity index is 296. The fraction of sp³-hybridized carbons (Fsp3) is 0.444. The Morgan fingerprint density at radius 1 is 1.43 bits per heavy atom. The van der Waals surface area contributed by atoms with E-state index in [0.29, 0.717) is 6.54 Å². The summed E-state index contributed by atoms with van der Waals surface area (Å²) >= 11 is 0. The number of aromatic nitrogens is 1. The summed E-state index contributed by atoms with van der Waals surface area (Å²) in [6.07, 6.45) is -2.24. The van der Waals surface area contributed by atoms with Crippen LogP contribution in [0.4, 0.5) is 19.0 Å². The third kappa shape index (κ3) is 2.61. The molecule has 0 atom stereocenters. The van der Waals surface area contributed by atoms with Crippen LogP contribution in [0.1, 0.15) is 18.9 Å². The molecule has 0 spiro atoms. The molecule has 0 unspecified atom stereocenters. The molecule has 2 nitrogen and oxygen atoms in total. The zero-order valence-electron chi connectivity index (χ0n) is 7.73. The smallest absolute Gasteiger partial charge is 0.370 e. The largest absolute Gasteiger partial charge is 0.419 e. The number of hydrogen-bond acceptors (Lipinski definition) is 2. The summed E-state index contributed by atoms with van der Waals surface area (Å²) < 4.78 is 37.2. The third-order valence-corrected chi connectivity index (χ3v) is 1.66. The van der Waals surface area contributed by atoms with E-state index in [4.69, 9.17) is 0 Å². The first-order valence-corrected chi connectivity index (χ1v) is 4.31. The molecule has 1 N–H and O–H groups in total. The van der Waals surface area contributed by atoms with Crippen molar-refractivity contribution in [1.29, 1.82) is 0 Å². The lowest BCUT2D eigenvalue weighted by Gasteiger charge is -2.12. The summed E-state index contributed by atoms with van der Waals surface area (Å²) in [5.41, 5.74) is -0.714. The molecule has 0 saturated carbocycles. The molecule has 0 saturated heterocycles. The van der Waals surface area contributed by atoms with Crippen molar-refractivity contribution in [2.45, 2.75) is 19.5 Å². The van der Waals surface area contributed by atoms with Crippen molar-refractivity contribution < 1.29 is 13.2 Å². The predicted octanol–water partition coefficient (Wildman–Crippen LogP) is 2.92. The molecule has 0 radical (unpaired) electrons. The monoisotopic (exact) mass is 204 g/mol. The minimum Gasteiger partial charge on any atom is -0.370 e. The van der Waals surface area contributed by atoms with Gasteiger partial charge in [-0.2, -0.15) is 13.2 Å². The summed E-state index contributed by atoms with van der Waals surface area (Å²) in [5.74, 6) is -0.0955. The van der Waals surface area contributed by atoms with Gasteiger partial charge in [-0.3, -0.25) is 0 Å². The van der Waals surface area contributed by atoms with Gasteiger partial charge in [0.2, 0.25) is 0 Å². The zero-order chi connectivity index (χ0) is 10.6. The quantitative estimate of drug-likeness (QED) is 0.818. The number of nitrogens with one attached hydrogen (secondary N) is 1. The maximum Gasteiger partial charge on any atom is 0.419 e. The first-order valence-electron chi connectivity index (χ1n) is 4.31. The second kappa shape index (κ2) is 4.30. The summed E-state index contributed by atoms with van der Waals surface area (Å²) in [5, 5.41) is 2.64. The van der Waals surface area contributed by atoms with E-state index in [9.17, 15) is 13.2 Å². The van der Waals surface area contributed by atoms with Gasteiger partial charge in [0.15, 0.2) is 0 Å². The van der Waals surface area contributed by atoms with E-state index in [1.807, 2.05) is 6.92 Å². The van der Waals surface area contributed by atoms with E-state index in [-0.39, 0.29) is 5.82 Å². The minimum absolute atomic E-state index is 0.0955. The topological polar surface area (TPSA) is 24.9 Å². The van der Waals surface area contributed by atoms with Gasteiger partial charge in [0.25, 0.3) is 0 Å². The lowest BCUT2D eigenvalue weighted by Crippen LogP contribution is -2.12. The Kier molecular flexibility index (Phi) is 3.33. The van der Waals surface area contributed by atoms with Gasteiger partial charge in [-0.15, -0.1) is 0 Å². The predicted molar refractivity (Wildman–Crippen MR) is 48.0 cm³/mol. The van der Waals surface area contributed by atoms with Crippen molar-refractivity contribution >= 4 is 5.82 Å². The average Bonchev–Trinajstić information content (AvgIpc) is 2.14. The van der Waals surface area contributed by atoms with E-state index in [0.717, 1.165) is 12.5 Å². The number of hydrogen-bond donors (Lipinski definition) is 1. The Hall–Kier alpha value is -1.26. The molecule has 0 aromatic carbocycles. The standard InChI is InChI=1S/C9H11F3N2/c1-2-5-13-8-7(9(10,11)12)4-3-6-14-8/h3-4,6H,2,5H2,1H3,(H,13,14). The molecule has 0 bridgehead atoms. The van der Waals surface area contributed by atoms with Crippen molar-refractivity contribution in [3.05, 3.63) is 23.9 Å². The molecule has 1 aromatic rings. The zero-order valence-corrected chi connectivity index (χ0v) is 7.73. The van der Waals surface area contributed by atoms with Gasteiger partial charge < -0.3 is 5.32 Å². The van der Waals surface area contributed by atoms with Crippen LogP contribution in [0, 0.1) is 0 Å². The van der Waals surface area contributed by atoms with E-state index >= 15 is 0 Å².